The molecule has 1 unspecified atom stereocenters. The van der Waals surface area contributed by atoms with Gasteiger partial charge in [-0.2, -0.15) is 0 Å². The second-order valence-electron chi connectivity index (χ2n) is 5.77. The molecule has 2 atom stereocenters. The van der Waals surface area contributed by atoms with Crippen LogP contribution >= 0.6 is 11.8 Å². The van der Waals surface area contributed by atoms with Crippen molar-refractivity contribution >= 4 is 11.8 Å². The van der Waals surface area contributed by atoms with Crippen LogP contribution in [0.5, 0.6) is 5.75 Å². The van der Waals surface area contributed by atoms with E-state index in [4.69, 9.17) is 4.74 Å². The molecule has 0 fully saturated rings. The Balaban J connectivity index is 1.46. The number of aliphatic hydroxyl groups excluding tert-OH is 1. The first-order valence-corrected chi connectivity index (χ1v) is 8.45. The number of aryl methyl sites for hydroxylation is 1. The van der Waals surface area contributed by atoms with Gasteiger partial charge in [-0.1, -0.05) is 24.3 Å². The van der Waals surface area contributed by atoms with E-state index in [-0.39, 0.29) is 6.10 Å². The fourth-order valence-electron chi connectivity index (χ4n) is 3.23. The SMILES string of the molecule is O[C@H]1CCc2cc(OCC3CSc4ccccc43)ccc21. The molecule has 0 spiro atoms. The summed E-state index contributed by atoms with van der Waals surface area (Å²) in [5, 5.41) is 9.84. The number of aliphatic hydroxyl groups is 1. The molecule has 0 saturated heterocycles. The lowest BCUT2D eigenvalue weighted by molar-refractivity contribution is 0.180. The van der Waals surface area contributed by atoms with Crippen molar-refractivity contribution in [3.05, 3.63) is 59.2 Å². The molecule has 0 radical (unpaired) electrons. The number of fused-ring (bicyclic) bond motifs is 2. The number of benzene rings is 2. The normalized spacial score (nSPS) is 22.9. The van der Waals surface area contributed by atoms with Crippen molar-refractivity contribution in [3.63, 3.8) is 0 Å². The van der Waals surface area contributed by atoms with Crippen LogP contribution in [0.2, 0.25) is 0 Å². The van der Waals surface area contributed by atoms with Crippen LogP contribution in [-0.2, 0) is 6.42 Å². The summed E-state index contributed by atoms with van der Waals surface area (Å²) in [5.41, 5.74) is 3.73. The highest BCUT2D eigenvalue weighted by molar-refractivity contribution is 7.99. The second-order valence-corrected chi connectivity index (χ2v) is 6.83. The van der Waals surface area contributed by atoms with Gasteiger partial charge in [0.1, 0.15) is 5.75 Å². The molecular formula is C18H18O2S. The Bertz CT molecular complexity index is 668. The van der Waals surface area contributed by atoms with Gasteiger partial charge in [0.05, 0.1) is 12.7 Å². The molecule has 2 aromatic rings. The third-order valence-electron chi connectivity index (χ3n) is 4.41. The van der Waals surface area contributed by atoms with Gasteiger partial charge in [0.15, 0.2) is 0 Å². The third-order valence-corrected chi connectivity index (χ3v) is 5.66. The third kappa shape index (κ3) is 2.45. The zero-order valence-corrected chi connectivity index (χ0v) is 12.6. The lowest BCUT2D eigenvalue weighted by Gasteiger charge is -2.13. The van der Waals surface area contributed by atoms with E-state index >= 15 is 0 Å². The lowest BCUT2D eigenvalue weighted by atomic mass is 10.0. The first kappa shape index (κ1) is 13.2. The number of ether oxygens (including phenoxy) is 1. The molecule has 1 N–H and O–H groups in total. The lowest BCUT2D eigenvalue weighted by Crippen LogP contribution is -2.09. The summed E-state index contributed by atoms with van der Waals surface area (Å²) < 4.78 is 6.01. The van der Waals surface area contributed by atoms with E-state index in [1.807, 2.05) is 23.9 Å². The van der Waals surface area contributed by atoms with Gasteiger partial charge >= 0.3 is 0 Å². The quantitative estimate of drug-likeness (QED) is 0.931. The highest BCUT2D eigenvalue weighted by atomic mass is 32.2. The van der Waals surface area contributed by atoms with Gasteiger partial charge in [0.2, 0.25) is 0 Å². The summed E-state index contributed by atoms with van der Waals surface area (Å²) >= 11 is 1.92. The summed E-state index contributed by atoms with van der Waals surface area (Å²) in [7, 11) is 0. The molecule has 1 aliphatic heterocycles. The number of hydrogen-bond acceptors (Lipinski definition) is 3. The molecule has 4 rings (SSSR count). The molecular weight excluding hydrogens is 280 g/mol. The van der Waals surface area contributed by atoms with Gasteiger partial charge in [0, 0.05) is 16.6 Å². The van der Waals surface area contributed by atoms with Crippen LogP contribution in [0.25, 0.3) is 0 Å². The summed E-state index contributed by atoms with van der Waals surface area (Å²) in [6.45, 7) is 0.728. The topological polar surface area (TPSA) is 29.5 Å². The van der Waals surface area contributed by atoms with Crippen molar-refractivity contribution < 1.29 is 9.84 Å². The largest absolute Gasteiger partial charge is 0.493 e. The first-order valence-electron chi connectivity index (χ1n) is 7.46. The van der Waals surface area contributed by atoms with Gasteiger partial charge in [-0.25, -0.2) is 0 Å². The van der Waals surface area contributed by atoms with Crippen LogP contribution in [-0.4, -0.2) is 17.5 Å². The molecule has 1 heterocycles. The second kappa shape index (κ2) is 5.39. The predicted molar refractivity (Wildman–Crippen MR) is 85.1 cm³/mol. The standard InChI is InChI=1S/C18H18O2S/c19-17-8-5-12-9-14(6-7-15(12)17)20-10-13-11-21-18-4-2-1-3-16(13)18/h1-4,6-7,9,13,17,19H,5,8,10-11H2/t13?,17-/m0/s1. The van der Waals surface area contributed by atoms with Gasteiger partial charge < -0.3 is 9.84 Å². The molecule has 0 aromatic heterocycles. The minimum Gasteiger partial charge on any atom is -0.493 e. The highest BCUT2D eigenvalue weighted by Gasteiger charge is 2.24. The maximum atomic E-state index is 9.84. The first-order chi connectivity index (χ1) is 10.3. The molecule has 3 heteroatoms. The molecule has 2 aromatic carbocycles. The molecule has 1 aliphatic carbocycles. The maximum Gasteiger partial charge on any atom is 0.119 e. The van der Waals surface area contributed by atoms with Crippen molar-refractivity contribution in [2.75, 3.05) is 12.4 Å². The minimum absolute atomic E-state index is 0.285. The molecule has 0 saturated carbocycles. The van der Waals surface area contributed by atoms with Crippen LogP contribution in [0.4, 0.5) is 0 Å². The van der Waals surface area contributed by atoms with E-state index in [9.17, 15) is 5.11 Å². The summed E-state index contributed by atoms with van der Waals surface area (Å²) in [6.07, 6.45) is 1.51. The molecule has 0 bridgehead atoms. The van der Waals surface area contributed by atoms with E-state index in [1.54, 1.807) is 0 Å². The average molecular weight is 298 g/mol. The number of hydrogen-bond donors (Lipinski definition) is 1. The van der Waals surface area contributed by atoms with E-state index in [0.717, 1.165) is 36.5 Å². The van der Waals surface area contributed by atoms with Gasteiger partial charge in [-0.05, 0) is 47.7 Å². The van der Waals surface area contributed by atoms with Crippen LogP contribution in [0.15, 0.2) is 47.4 Å². The average Bonchev–Trinajstić information content (AvgIpc) is 3.09. The monoisotopic (exact) mass is 298 g/mol. The minimum atomic E-state index is -0.285. The number of rotatable bonds is 3. The van der Waals surface area contributed by atoms with Crippen molar-refractivity contribution in [1.29, 1.82) is 0 Å². The fraction of sp³-hybridized carbons (Fsp3) is 0.333. The van der Waals surface area contributed by atoms with Crippen molar-refractivity contribution in [3.8, 4) is 5.75 Å². The Labute approximate surface area is 129 Å². The van der Waals surface area contributed by atoms with Crippen molar-refractivity contribution in [2.45, 2.75) is 29.8 Å². The number of thioether (sulfide) groups is 1. The zero-order chi connectivity index (χ0) is 14.2. The molecule has 21 heavy (non-hydrogen) atoms. The molecule has 2 nitrogen and oxygen atoms in total. The Hall–Kier alpha value is -1.45. The van der Waals surface area contributed by atoms with Crippen molar-refractivity contribution in [1.82, 2.24) is 0 Å². The van der Waals surface area contributed by atoms with Gasteiger partial charge in [0.25, 0.3) is 0 Å². The smallest absolute Gasteiger partial charge is 0.119 e. The Kier molecular flexibility index (Phi) is 3.40. The van der Waals surface area contributed by atoms with Crippen LogP contribution in [0.1, 0.15) is 35.1 Å². The molecule has 2 aliphatic rings. The maximum absolute atomic E-state index is 9.84. The van der Waals surface area contributed by atoms with Gasteiger partial charge in [-0.15, -0.1) is 11.8 Å². The Morgan fingerprint density at radius 1 is 1.14 bits per heavy atom. The molecule has 108 valence electrons. The summed E-state index contributed by atoms with van der Waals surface area (Å²) in [5.74, 6) is 2.51. The summed E-state index contributed by atoms with van der Waals surface area (Å²) in [4.78, 5) is 1.39. The summed E-state index contributed by atoms with van der Waals surface area (Å²) in [6, 6.07) is 14.7. The predicted octanol–water partition coefficient (Wildman–Crippen LogP) is 3.93. The van der Waals surface area contributed by atoms with Crippen LogP contribution in [0, 0.1) is 0 Å². The zero-order valence-electron chi connectivity index (χ0n) is 11.8. The molecule has 0 amide bonds. The Morgan fingerprint density at radius 2 is 2.05 bits per heavy atom. The Morgan fingerprint density at radius 3 is 3.00 bits per heavy atom. The fourth-order valence-corrected chi connectivity index (χ4v) is 4.46. The van der Waals surface area contributed by atoms with E-state index < -0.39 is 0 Å². The van der Waals surface area contributed by atoms with Crippen LogP contribution in [0.3, 0.4) is 0 Å². The van der Waals surface area contributed by atoms with Gasteiger partial charge in [-0.3, -0.25) is 0 Å². The van der Waals surface area contributed by atoms with E-state index in [0.29, 0.717) is 5.92 Å². The van der Waals surface area contributed by atoms with Crippen LogP contribution < -0.4 is 4.74 Å². The van der Waals surface area contributed by atoms with E-state index in [1.165, 1.54) is 16.0 Å². The van der Waals surface area contributed by atoms with E-state index in [2.05, 4.69) is 30.3 Å². The highest BCUT2D eigenvalue weighted by Crippen LogP contribution is 2.40. The van der Waals surface area contributed by atoms with Crippen molar-refractivity contribution in [2.24, 2.45) is 0 Å².